The summed E-state index contributed by atoms with van der Waals surface area (Å²) < 4.78 is 26.9. The predicted molar refractivity (Wildman–Crippen MR) is 115 cm³/mol. The Morgan fingerprint density at radius 1 is 1.10 bits per heavy atom. The van der Waals surface area contributed by atoms with E-state index >= 15 is 0 Å². The first-order chi connectivity index (χ1) is 14.2. The number of rotatable bonds is 3. The van der Waals surface area contributed by atoms with Crippen molar-refractivity contribution in [3.63, 3.8) is 0 Å². The van der Waals surface area contributed by atoms with Crippen LogP contribution in [0.4, 0.5) is 5.69 Å². The highest BCUT2D eigenvalue weighted by Crippen LogP contribution is 2.44. The molecule has 0 saturated carbocycles. The van der Waals surface area contributed by atoms with E-state index < -0.39 is 10.0 Å². The first-order valence-electron chi connectivity index (χ1n) is 9.58. The fourth-order valence-corrected chi connectivity index (χ4v) is 7.02. The van der Waals surface area contributed by atoms with Gasteiger partial charge >= 0.3 is 0 Å². The summed E-state index contributed by atoms with van der Waals surface area (Å²) in [5, 5.41) is 9.09. The van der Waals surface area contributed by atoms with E-state index in [0.717, 1.165) is 16.6 Å². The largest absolute Gasteiger partial charge is 0.397 e. The molecule has 1 amide bonds. The van der Waals surface area contributed by atoms with Crippen LogP contribution in [-0.2, 0) is 10.0 Å². The van der Waals surface area contributed by atoms with Crippen LogP contribution < -0.4 is 5.73 Å². The van der Waals surface area contributed by atoms with E-state index in [9.17, 15) is 13.2 Å². The Hall–Kier alpha value is -2.56. The number of aromatic nitrogens is 2. The van der Waals surface area contributed by atoms with Gasteiger partial charge in [-0.05, 0) is 31.5 Å². The van der Waals surface area contributed by atoms with Crippen molar-refractivity contribution in [2.75, 3.05) is 31.9 Å². The molecular weight excluding hydrogens is 422 g/mol. The molecule has 2 saturated heterocycles. The summed E-state index contributed by atoms with van der Waals surface area (Å²) in [5.74, 6) is -0.123. The minimum Gasteiger partial charge on any atom is -0.397 e. The Labute approximate surface area is 178 Å². The molecule has 0 bridgehead atoms. The van der Waals surface area contributed by atoms with Crippen molar-refractivity contribution in [1.82, 2.24) is 19.4 Å². The maximum Gasteiger partial charge on any atom is 0.266 e. The van der Waals surface area contributed by atoms with Crippen molar-refractivity contribution in [3.05, 3.63) is 46.5 Å². The van der Waals surface area contributed by atoms with Crippen molar-refractivity contribution in [2.24, 2.45) is 5.41 Å². The van der Waals surface area contributed by atoms with E-state index in [-0.39, 0.29) is 11.3 Å². The number of nitrogens with zero attached hydrogens (tertiary/aromatic N) is 4. The van der Waals surface area contributed by atoms with Gasteiger partial charge in [-0.2, -0.15) is 9.40 Å². The van der Waals surface area contributed by atoms with Gasteiger partial charge in [-0.3, -0.25) is 4.79 Å². The second kappa shape index (κ2) is 6.47. The van der Waals surface area contributed by atoms with Crippen molar-refractivity contribution >= 4 is 43.2 Å². The molecule has 30 heavy (non-hydrogen) atoms. The third-order valence-corrected chi connectivity index (χ3v) is 8.96. The Kier molecular flexibility index (Phi) is 4.18. The third-order valence-electron chi connectivity index (χ3n) is 6.07. The number of hydrogen-bond acceptors (Lipinski definition) is 7. The molecule has 2 aliphatic heterocycles. The lowest BCUT2D eigenvalue weighted by atomic mass is 9.74. The predicted octanol–water partition coefficient (Wildman–Crippen LogP) is 2.04. The number of carbonyl (C=O) groups excluding carboxylic acids is 1. The number of nitrogen functional groups attached to an aromatic ring is 1. The Bertz CT molecular complexity index is 1270. The topological polar surface area (TPSA) is 109 Å². The summed E-state index contributed by atoms with van der Waals surface area (Å²) in [6.07, 6.45) is 0. The van der Waals surface area contributed by atoms with Gasteiger partial charge in [0.2, 0.25) is 10.0 Å². The van der Waals surface area contributed by atoms with Gasteiger partial charge in [0.15, 0.2) is 0 Å². The van der Waals surface area contributed by atoms with E-state index in [2.05, 4.69) is 10.2 Å². The number of thiophene rings is 1. The Morgan fingerprint density at radius 3 is 2.43 bits per heavy atom. The number of amides is 1. The molecule has 8 nitrogen and oxygen atoms in total. The molecule has 2 fully saturated rings. The van der Waals surface area contributed by atoms with Crippen LogP contribution in [0.5, 0.6) is 0 Å². The van der Waals surface area contributed by atoms with Crippen LogP contribution in [0.2, 0.25) is 0 Å². The summed E-state index contributed by atoms with van der Waals surface area (Å²) in [6, 6.07) is 8.44. The number of hydrogen-bond donors (Lipinski definition) is 1. The van der Waals surface area contributed by atoms with Gasteiger partial charge in [0.25, 0.3) is 5.91 Å². The van der Waals surface area contributed by atoms with Gasteiger partial charge < -0.3 is 10.6 Å². The minimum atomic E-state index is -3.48. The molecule has 0 atom stereocenters. The molecule has 4 heterocycles. The first kappa shape index (κ1) is 19.4. The Morgan fingerprint density at radius 2 is 1.77 bits per heavy atom. The number of carbonyl (C=O) groups is 1. The van der Waals surface area contributed by atoms with Crippen LogP contribution >= 0.6 is 11.3 Å². The zero-order valence-corrected chi connectivity index (χ0v) is 18.3. The van der Waals surface area contributed by atoms with Crippen LogP contribution in [0.25, 0.3) is 10.2 Å². The van der Waals surface area contributed by atoms with Crippen LogP contribution in [-0.4, -0.2) is 59.9 Å². The number of likely N-dealkylation sites (tertiary alicyclic amines) is 1. The maximum atomic E-state index is 13.0. The van der Waals surface area contributed by atoms with Crippen molar-refractivity contribution < 1.29 is 13.2 Å². The fourth-order valence-electron chi connectivity index (χ4n) is 4.26. The average molecular weight is 444 g/mol. The number of benzene rings is 1. The number of fused-ring (bicyclic) bond motifs is 1. The molecule has 156 valence electrons. The number of aryl methyl sites for hydroxylation is 2. The fraction of sp³-hybridized carbons (Fsp3) is 0.350. The molecule has 1 spiro atoms. The molecule has 2 aliphatic rings. The second-order valence-electron chi connectivity index (χ2n) is 8.18. The molecule has 0 aliphatic carbocycles. The zero-order chi connectivity index (χ0) is 21.3. The summed E-state index contributed by atoms with van der Waals surface area (Å²) >= 11 is 1.26. The van der Waals surface area contributed by atoms with Crippen LogP contribution in [0.15, 0.2) is 35.2 Å². The highest BCUT2D eigenvalue weighted by atomic mass is 32.2. The van der Waals surface area contributed by atoms with Gasteiger partial charge in [0.1, 0.15) is 9.71 Å². The molecule has 2 N–H and O–H groups in total. The maximum absolute atomic E-state index is 13.0. The van der Waals surface area contributed by atoms with E-state index in [1.807, 2.05) is 13.8 Å². The van der Waals surface area contributed by atoms with Gasteiger partial charge in [-0.1, -0.05) is 18.2 Å². The van der Waals surface area contributed by atoms with Gasteiger partial charge in [-0.15, -0.1) is 16.4 Å². The van der Waals surface area contributed by atoms with Gasteiger partial charge in [0.05, 0.1) is 16.3 Å². The molecule has 10 heteroatoms. The number of anilines is 1. The van der Waals surface area contributed by atoms with Crippen molar-refractivity contribution in [2.45, 2.75) is 18.7 Å². The van der Waals surface area contributed by atoms with Crippen LogP contribution in [0, 0.1) is 19.3 Å². The quantitative estimate of drug-likeness (QED) is 0.663. The van der Waals surface area contributed by atoms with Crippen molar-refractivity contribution in [3.8, 4) is 0 Å². The lowest BCUT2D eigenvalue weighted by molar-refractivity contribution is -0.0630. The standard InChI is InChI=1S/C20H21N5O3S2/c1-12-13(2)22-23-18-15(12)16(21)17(29-18)19(26)24-8-20(9-24)10-25(11-20)30(27,28)14-6-4-3-5-7-14/h3-7H,8-11,21H2,1-2H3. The average Bonchev–Trinajstić information content (AvgIpc) is 3.00. The summed E-state index contributed by atoms with van der Waals surface area (Å²) in [7, 11) is -3.48. The molecule has 3 aromatic rings. The normalized spacial score (nSPS) is 18.4. The Balaban J connectivity index is 1.29. The van der Waals surface area contributed by atoms with E-state index in [1.165, 1.54) is 15.6 Å². The van der Waals surface area contributed by atoms with E-state index in [1.54, 1.807) is 35.2 Å². The smallest absolute Gasteiger partial charge is 0.266 e. The minimum absolute atomic E-state index is 0.123. The lowest BCUT2D eigenvalue weighted by Gasteiger charge is -2.59. The second-order valence-corrected chi connectivity index (χ2v) is 11.1. The first-order valence-corrected chi connectivity index (χ1v) is 11.8. The molecule has 1 aromatic carbocycles. The molecule has 2 aromatic heterocycles. The number of nitrogens with two attached hydrogens (primary N) is 1. The van der Waals surface area contributed by atoms with Gasteiger partial charge in [0, 0.05) is 37.0 Å². The van der Waals surface area contributed by atoms with Gasteiger partial charge in [-0.25, -0.2) is 8.42 Å². The summed E-state index contributed by atoms with van der Waals surface area (Å²) in [4.78, 5) is 16.2. The highest BCUT2D eigenvalue weighted by Gasteiger charge is 2.56. The molecular formula is C20H21N5O3S2. The van der Waals surface area contributed by atoms with Crippen LogP contribution in [0.1, 0.15) is 20.9 Å². The lowest BCUT2D eigenvalue weighted by Crippen LogP contribution is -2.73. The third kappa shape index (κ3) is 2.74. The molecule has 0 unspecified atom stereocenters. The molecule has 5 rings (SSSR count). The molecule has 0 radical (unpaired) electrons. The van der Waals surface area contributed by atoms with E-state index in [4.69, 9.17) is 5.73 Å². The van der Waals surface area contributed by atoms with E-state index in [0.29, 0.717) is 46.5 Å². The van der Waals surface area contributed by atoms with Crippen LogP contribution in [0.3, 0.4) is 0 Å². The SMILES string of the molecule is Cc1nnc2sc(C(=O)N3CC4(C3)CN(S(=O)(=O)c3ccccc3)C4)c(N)c2c1C. The zero-order valence-electron chi connectivity index (χ0n) is 16.6. The highest BCUT2D eigenvalue weighted by molar-refractivity contribution is 7.89. The van der Waals surface area contributed by atoms with Crippen molar-refractivity contribution in [1.29, 1.82) is 0 Å². The summed E-state index contributed by atoms with van der Waals surface area (Å²) in [5.41, 5.74) is 8.32. The number of sulfonamides is 1. The summed E-state index contributed by atoms with van der Waals surface area (Å²) in [6.45, 7) is 5.72. The monoisotopic (exact) mass is 443 g/mol.